The highest BCUT2D eigenvalue weighted by molar-refractivity contribution is 5.93. The number of rotatable bonds is 4. The zero-order chi connectivity index (χ0) is 13.8. The molecule has 0 bridgehead atoms. The van der Waals surface area contributed by atoms with Crippen LogP contribution in [0.15, 0.2) is 16.5 Å². The van der Waals surface area contributed by atoms with Crippen molar-refractivity contribution in [2.75, 3.05) is 13.2 Å². The first-order chi connectivity index (χ1) is 9.08. The third-order valence-electron chi connectivity index (χ3n) is 3.37. The van der Waals surface area contributed by atoms with E-state index in [2.05, 4.69) is 5.32 Å². The fraction of sp³-hybridized carbons (Fsp3) is 0.538. The SMILES string of the molecule is CC(NC(=O)c1ccc(C(=O)O)o1)C1CCOCC1. The minimum atomic E-state index is -1.18. The van der Waals surface area contributed by atoms with E-state index in [1.165, 1.54) is 12.1 Å². The molecule has 1 atom stereocenters. The molecule has 2 N–H and O–H groups in total. The van der Waals surface area contributed by atoms with Gasteiger partial charge in [0.15, 0.2) is 5.76 Å². The van der Waals surface area contributed by atoms with Crippen molar-refractivity contribution in [3.05, 3.63) is 23.7 Å². The summed E-state index contributed by atoms with van der Waals surface area (Å²) in [6, 6.07) is 2.65. The van der Waals surface area contributed by atoms with Crippen LogP contribution in [0, 0.1) is 5.92 Å². The van der Waals surface area contributed by atoms with E-state index in [0.717, 1.165) is 26.1 Å². The van der Waals surface area contributed by atoms with Gasteiger partial charge in [0.05, 0.1) is 0 Å². The lowest BCUT2D eigenvalue weighted by Gasteiger charge is -2.28. The van der Waals surface area contributed by atoms with Gasteiger partial charge in [-0.3, -0.25) is 4.79 Å². The summed E-state index contributed by atoms with van der Waals surface area (Å²) in [5.74, 6) is -1.39. The van der Waals surface area contributed by atoms with Crippen LogP contribution in [-0.2, 0) is 4.74 Å². The van der Waals surface area contributed by atoms with Crippen LogP contribution < -0.4 is 5.32 Å². The largest absolute Gasteiger partial charge is 0.475 e. The van der Waals surface area contributed by atoms with E-state index < -0.39 is 5.97 Å². The first-order valence-electron chi connectivity index (χ1n) is 6.29. The van der Waals surface area contributed by atoms with Gasteiger partial charge in [-0.2, -0.15) is 0 Å². The van der Waals surface area contributed by atoms with Crippen molar-refractivity contribution in [2.24, 2.45) is 5.92 Å². The van der Waals surface area contributed by atoms with Gasteiger partial charge in [0, 0.05) is 19.3 Å². The van der Waals surface area contributed by atoms with Crippen molar-refractivity contribution in [2.45, 2.75) is 25.8 Å². The molecule has 1 aliphatic rings. The van der Waals surface area contributed by atoms with Crippen LogP contribution in [0.25, 0.3) is 0 Å². The van der Waals surface area contributed by atoms with Crippen molar-refractivity contribution in [3.8, 4) is 0 Å². The highest BCUT2D eigenvalue weighted by Crippen LogP contribution is 2.19. The van der Waals surface area contributed by atoms with Crippen LogP contribution >= 0.6 is 0 Å². The monoisotopic (exact) mass is 267 g/mol. The molecule has 1 fully saturated rings. The van der Waals surface area contributed by atoms with E-state index in [9.17, 15) is 9.59 Å². The van der Waals surface area contributed by atoms with Crippen LogP contribution in [-0.4, -0.2) is 36.2 Å². The number of carbonyl (C=O) groups excluding carboxylic acids is 1. The van der Waals surface area contributed by atoms with Crippen molar-refractivity contribution >= 4 is 11.9 Å². The van der Waals surface area contributed by atoms with Gasteiger partial charge in [-0.1, -0.05) is 0 Å². The molecule has 19 heavy (non-hydrogen) atoms. The predicted molar refractivity (Wildman–Crippen MR) is 66.1 cm³/mol. The summed E-state index contributed by atoms with van der Waals surface area (Å²) in [4.78, 5) is 22.6. The second kappa shape index (κ2) is 5.88. The quantitative estimate of drug-likeness (QED) is 0.863. The molecular weight excluding hydrogens is 250 g/mol. The third-order valence-corrected chi connectivity index (χ3v) is 3.37. The number of ether oxygens (including phenoxy) is 1. The maximum absolute atomic E-state index is 11.9. The number of amides is 1. The Kier molecular flexibility index (Phi) is 4.21. The molecule has 2 rings (SSSR count). The average Bonchev–Trinajstić information content (AvgIpc) is 2.89. The van der Waals surface area contributed by atoms with Crippen LogP contribution in [0.4, 0.5) is 0 Å². The topological polar surface area (TPSA) is 88.8 Å². The number of aromatic carboxylic acids is 1. The lowest BCUT2D eigenvalue weighted by Crippen LogP contribution is -2.40. The van der Waals surface area contributed by atoms with Crippen LogP contribution in [0.5, 0.6) is 0 Å². The smallest absolute Gasteiger partial charge is 0.371 e. The molecule has 1 aromatic rings. The van der Waals surface area contributed by atoms with Gasteiger partial charge in [0.1, 0.15) is 0 Å². The summed E-state index contributed by atoms with van der Waals surface area (Å²) in [5.41, 5.74) is 0. The number of carboxylic acids is 1. The fourth-order valence-corrected chi connectivity index (χ4v) is 2.19. The van der Waals surface area contributed by atoms with Crippen LogP contribution in [0.1, 0.15) is 40.9 Å². The molecule has 1 amide bonds. The maximum atomic E-state index is 11.9. The molecular formula is C13H17NO5. The molecule has 1 aromatic heterocycles. The molecule has 0 saturated carbocycles. The molecule has 6 heteroatoms. The predicted octanol–water partition coefficient (Wildman–Crippen LogP) is 1.52. The molecule has 0 radical (unpaired) electrons. The van der Waals surface area contributed by atoms with Gasteiger partial charge in [0.25, 0.3) is 5.91 Å². The minimum Gasteiger partial charge on any atom is -0.475 e. The number of carboxylic acid groups (broad SMARTS) is 1. The van der Waals surface area contributed by atoms with Crippen molar-refractivity contribution in [1.82, 2.24) is 5.32 Å². The molecule has 1 unspecified atom stereocenters. The van der Waals surface area contributed by atoms with Crippen LogP contribution in [0.2, 0.25) is 0 Å². The van der Waals surface area contributed by atoms with E-state index in [1.807, 2.05) is 6.92 Å². The number of furan rings is 1. The lowest BCUT2D eigenvalue weighted by atomic mass is 9.93. The second-order valence-electron chi connectivity index (χ2n) is 4.68. The first-order valence-corrected chi connectivity index (χ1v) is 6.29. The van der Waals surface area contributed by atoms with Crippen molar-refractivity contribution in [1.29, 1.82) is 0 Å². The Balaban J connectivity index is 1.93. The summed E-state index contributed by atoms with van der Waals surface area (Å²) in [6.07, 6.45) is 1.83. The number of hydrogen-bond acceptors (Lipinski definition) is 4. The Hall–Kier alpha value is -1.82. The zero-order valence-electron chi connectivity index (χ0n) is 10.7. The summed E-state index contributed by atoms with van der Waals surface area (Å²) >= 11 is 0. The Labute approximate surface area is 110 Å². The zero-order valence-corrected chi connectivity index (χ0v) is 10.7. The third kappa shape index (κ3) is 3.35. The summed E-state index contributed by atoms with van der Waals surface area (Å²) in [7, 11) is 0. The van der Waals surface area contributed by atoms with Gasteiger partial charge in [-0.05, 0) is 37.8 Å². The Morgan fingerprint density at radius 3 is 2.53 bits per heavy atom. The first kappa shape index (κ1) is 13.6. The Morgan fingerprint density at radius 1 is 1.32 bits per heavy atom. The Morgan fingerprint density at radius 2 is 1.95 bits per heavy atom. The summed E-state index contributed by atoms with van der Waals surface area (Å²) in [5, 5.41) is 11.6. The highest BCUT2D eigenvalue weighted by Gasteiger charge is 2.23. The highest BCUT2D eigenvalue weighted by atomic mass is 16.5. The van der Waals surface area contributed by atoms with E-state index in [1.54, 1.807) is 0 Å². The van der Waals surface area contributed by atoms with E-state index >= 15 is 0 Å². The number of hydrogen-bond donors (Lipinski definition) is 2. The molecule has 0 spiro atoms. The van der Waals surface area contributed by atoms with E-state index in [0.29, 0.717) is 5.92 Å². The average molecular weight is 267 g/mol. The Bertz CT molecular complexity index is 461. The molecule has 0 aliphatic carbocycles. The van der Waals surface area contributed by atoms with E-state index in [4.69, 9.17) is 14.3 Å². The molecule has 0 aromatic carbocycles. The molecule has 104 valence electrons. The van der Waals surface area contributed by atoms with Crippen molar-refractivity contribution < 1.29 is 23.8 Å². The van der Waals surface area contributed by atoms with Gasteiger partial charge < -0.3 is 19.6 Å². The molecule has 6 nitrogen and oxygen atoms in total. The molecule has 2 heterocycles. The maximum Gasteiger partial charge on any atom is 0.371 e. The van der Waals surface area contributed by atoms with E-state index in [-0.39, 0.29) is 23.5 Å². The molecule has 1 saturated heterocycles. The van der Waals surface area contributed by atoms with Crippen molar-refractivity contribution in [3.63, 3.8) is 0 Å². The van der Waals surface area contributed by atoms with Gasteiger partial charge >= 0.3 is 5.97 Å². The van der Waals surface area contributed by atoms with Crippen LogP contribution in [0.3, 0.4) is 0 Å². The fourth-order valence-electron chi connectivity index (χ4n) is 2.19. The lowest BCUT2D eigenvalue weighted by molar-refractivity contribution is 0.0532. The minimum absolute atomic E-state index is 0.00905. The standard InChI is InChI=1S/C13H17NO5/c1-8(9-4-6-18-7-5-9)14-12(15)10-2-3-11(19-10)13(16)17/h2-3,8-9H,4-7H2,1H3,(H,14,15)(H,16,17). The summed E-state index contributed by atoms with van der Waals surface area (Å²) < 4.78 is 10.2. The number of carbonyl (C=O) groups is 2. The number of nitrogens with one attached hydrogen (secondary N) is 1. The van der Waals surface area contributed by atoms with Gasteiger partial charge in [0.2, 0.25) is 5.76 Å². The van der Waals surface area contributed by atoms with Gasteiger partial charge in [-0.15, -0.1) is 0 Å². The molecule has 1 aliphatic heterocycles. The second-order valence-corrected chi connectivity index (χ2v) is 4.68. The normalized spacial score (nSPS) is 17.9. The summed E-state index contributed by atoms with van der Waals surface area (Å²) in [6.45, 7) is 3.37. The van der Waals surface area contributed by atoms with Gasteiger partial charge in [-0.25, -0.2) is 4.79 Å².